The third-order valence-corrected chi connectivity index (χ3v) is 10.0. The molecular formula is C33H41ClFN7O4S. The number of rotatable bonds is 12. The van der Waals surface area contributed by atoms with Gasteiger partial charge in [-0.15, -0.1) is 0 Å². The van der Waals surface area contributed by atoms with E-state index in [-0.39, 0.29) is 45.9 Å². The summed E-state index contributed by atoms with van der Waals surface area (Å²) in [6.45, 7) is 2.24. The maximum absolute atomic E-state index is 15.2. The third kappa shape index (κ3) is 8.28. The van der Waals surface area contributed by atoms with Gasteiger partial charge in [0.25, 0.3) is 0 Å². The van der Waals surface area contributed by atoms with E-state index >= 15 is 4.39 Å². The molecule has 0 aliphatic carbocycles. The van der Waals surface area contributed by atoms with Crippen LogP contribution in [-0.2, 0) is 16.3 Å². The molecule has 1 aliphatic rings. The first-order valence-corrected chi connectivity index (χ1v) is 18.0. The van der Waals surface area contributed by atoms with Gasteiger partial charge in [0.15, 0.2) is 15.7 Å². The lowest BCUT2D eigenvalue weighted by molar-refractivity contribution is 0.258. The summed E-state index contributed by atoms with van der Waals surface area (Å²) in [6.07, 6.45) is 8.05. The molecule has 1 fully saturated rings. The molecule has 47 heavy (non-hydrogen) atoms. The molecule has 0 bridgehead atoms. The topological polar surface area (TPSA) is 179 Å². The van der Waals surface area contributed by atoms with Crippen molar-refractivity contribution in [2.45, 2.75) is 74.9 Å². The monoisotopic (exact) mass is 685 g/mol. The first-order valence-electron chi connectivity index (χ1n) is 15.7. The van der Waals surface area contributed by atoms with Crippen LogP contribution < -0.4 is 22.1 Å². The zero-order valence-corrected chi connectivity index (χ0v) is 28.0. The van der Waals surface area contributed by atoms with Crippen LogP contribution in [0, 0.1) is 11.2 Å². The Morgan fingerprint density at radius 1 is 1.28 bits per heavy atom. The Hall–Kier alpha value is -3.62. The van der Waals surface area contributed by atoms with Gasteiger partial charge in [0, 0.05) is 48.1 Å². The number of nitrogens with zero attached hydrogens (tertiary/aromatic N) is 2. The molecule has 7 N–H and O–H groups in total. The van der Waals surface area contributed by atoms with Crippen molar-refractivity contribution in [2.75, 3.05) is 19.4 Å². The van der Waals surface area contributed by atoms with Gasteiger partial charge in [-0.2, -0.15) is 4.98 Å². The van der Waals surface area contributed by atoms with Crippen LogP contribution in [0.1, 0.15) is 62.6 Å². The summed E-state index contributed by atoms with van der Waals surface area (Å²) in [7, 11) is -3.67. The number of halogens is 2. The summed E-state index contributed by atoms with van der Waals surface area (Å²) in [5, 5.41) is 23.8. The summed E-state index contributed by atoms with van der Waals surface area (Å²) >= 11 is 6.24. The molecule has 252 valence electrons. The number of nitrogens with one attached hydrogen (secondary N) is 4. The van der Waals surface area contributed by atoms with Gasteiger partial charge < -0.3 is 26.5 Å². The van der Waals surface area contributed by atoms with Crippen molar-refractivity contribution in [3.05, 3.63) is 75.0 Å². The first-order chi connectivity index (χ1) is 22.3. The van der Waals surface area contributed by atoms with Gasteiger partial charge in [0.05, 0.1) is 33.7 Å². The fraction of sp³-hybridized carbons (Fsp3) is 0.424. The molecule has 0 radical (unpaired) electrons. The van der Waals surface area contributed by atoms with E-state index in [4.69, 9.17) is 22.7 Å². The number of hydrogen-bond acceptors (Lipinski definition) is 8. The highest BCUT2D eigenvalue weighted by atomic mass is 35.5. The van der Waals surface area contributed by atoms with E-state index in [1.807, 2.05) is 0 Å². The number of nitrogens with two attached hydrogens (primary N) is 1. The van der Waals surface area contributed by atoms with Crippen LogP contribution in [-0.4, -0.2) is 65.4 Å². The molecule has 4 aromatic rings. The maximum atomic E-state index is 15.2. The van der Waals surface area contributed by atoms with Crippen LogP contribution in [0.4, 0.5) is 4.39 Å². The molecule has 3 atom stereocenters. The second-order valence-electron chi connectivity index (χ2n) is 12.3. The van der Waals surface area contributed by atoms with Crippen molar-refractivity contribution in [3.8, 4) is 16.9 Å². The predicted octanol–water partition coefficient (Wildman–Crippen LogP) is 4.38. The molecular weight excluding hydrogens is 645 g/mol. The minimum Gasteiger partial charge on any atom is -0.395 e. The van der Waals surface area contributed by atoms with Crippen LogP contribution in [0.25, 0.3) is 28.0 Å². The number of aryl methyl sites for hydroxylation is 1. The number of hydrogen-bond donors (Lipinski definition) is 6. The minimum absolute atomic E-state index is 0.0413. The van der Waals surface area contributed by atoms with Crippen LogP contribution in [0.3, 0.4) is 0 Å². The molecule has 1 saturated heterocycles. The standard InChI is InChI=1S/C33H41ClFN7O4S/c1-19(36)38-12-11-23-7-4-8-28(39-23)25-10-9-24(16-30(25)47(2,45)46)42-17-21-15-29(40-32(21)41-33(42)44)26-13-20(14-27(34)31(26)35)5-3-6-22(37)18-43/h9-10,13-17,22-23,28,39,43H,3-8,11-12,18,37H2,1-2H3,(H2,36,38)(H,40,41,44)/t22-,23+,28+/m1/s1. The molecule has 11 nitrogen and oxygen atoms in total. The molecule has 2 aromatic carbocycles. The zero-order chi connectivity index (χ0) is 33.9. The highest BCUT2D eigenvalue weighted by Gasteiger charge is 2.27. The van der Waals surface area contributed by atoms with Crippen molar-refractivity contribution in [3.63, 3.8) is 0 Å². The number of piperidine rings is 1. The number of sulfone groups is 1. The van der Waals surface area contributed by atoms with Gasteiger partial charge in [-0.25, -0.2) is 17.6 Å². The summed E-state index contributed by atoms with van der Waals surface area (Å²) < 4.78 is 42.6. The van der Waals surface area contributed by atoms with Crippen LogP contribution in [0.15, 0.2) is 52.3 Å². The van der Waals surface area contributed by atoms with E-state index in [9.17, 15) is 18.3 Å². The number of benzene rings is 2. The first kappa shape index (κ1) is 34.7. The van der Waals surface area contributed by atoms with Gasteiger partial charge in [-0.3, -0.25) is 9.98 Å². The van der Waals surface area contributed by atoms with E-state index in [1.54, 1.807) is 43.5 Å². The molecule has 3 heterocycles. The summed E-state index contributed by atoms with van der Waals surface area (Å²) in [6, 6.07) is 9.57. The SMILES string of the molecule is CC(=N)NCC[C@@H]1CCC[C@@H](c2ccc(-n3cc4cc(-c5cc(CCC[C@@H](N)CO)cc(Cl)c5F)[nH]c4nc3=O)cc2S(C)(=O)=O)N1. The third-order valence-electron chi connectivity index (χ3n) is 8.58. The predicted molar refractivity (Wildman–Crippen MR) is 183 cm³/mol. The number of fused-ring (bicyclic) bond motifs is 1. The number of aliphatic hydroxyl groups excluding tert-OH is 1. The number of aromatic nitrogens is 3. The molecule has 5 rings (SSSR count). The largest absolute Gasteiger partial charge is 0.395 e. The van der Waals surface area contributed by atoms with E-state index in [1.165, 1.54) is 10.6 Å². The minimum atomic E-state index is -3.67. The molecule has 1 aliphatic heterocycles. The molecule has 0 amide bonds. The van der Waals surface area contributed by atoms with Crippen molar-refractivity contribution in [1.82, 2.24) is 25.2 Å². The van der Waals surface area contributed by atoms with Crippen molar-refractivity contribution >= 4 is 38.3 Å². The molecule has 2 aromatic heterocycles. The van der Waals surface area contributed by atoms with E-state index in [2.05, 4.69) is 20.6 Å². The Morgan fingerprint density at radius 3 is 2.79 bits per heavy atom. The second kappa shape index (κ2) is 14.7. The summed E-state index contributed by atoms with van der Waals surface area (Å²) in [5.74, 6) is -0.207. The second-order valence-corrected chi connectivity index (χ2v) is 14.7. The molecule has 0 unspecified atom stereocenters. The quantitative estimate of drug-likeness (QED) is 0.0939. The average molecular weight is 686 g/mol. The lowest BCUT2D eigenvalue weighted by Crippen LogP contribution is -2.39. The molecule has 0 spiro atoms. The average Bonchev–Trinajstić information content (AvgIpc) is 3.44. The Bertz CT molecular complexity index is 1950. The van der Waals surface area contributed by atoms with Crippen LogP contribution in [0.5, 0.6) is 0 Å². The van der Waals surface area contributed by atoms with Gasteiger partial charge in [-0.1, -0.05) is 24.1 Å². The Labute approximate surface area is 278 Å². The van der Waals surface area contributed by atoms with Crippen molar-refractivity contribution < 1.29 is 17.9 Å². The number of amidine groups is 1. The number of aliphatic hydroxyl groups is 1. The van der Waals surface area contributed by atoms with E-state index in [0.29, 0.717) is 54.0 Å². The zero-order valence-electron chi connectivity index (χ0n) is 26.4. The number of aromatic amines is 1. The highest BCUT2D eigenvalue weighted by molar-refractivity contribution is 7.90. The van der Waals surface area contributed by atoms with Gasteiger partial charge in [0.2, 0.25) is 0 Å². The smallest absolute Gasteiger partial charge is 0.354 e. The Morgan fingerprint density at radius 2 is 2.06 bits per heavy atom. The van der Waals surface area contributed by atoms with E-state index < -0.39 is 21.3 Å². The fourth-order valence-electron chi connectivity index (χ4n) is 6.18. The highest BCUT2D eigenvalue weighted by Crippen LogP contribution is 2.34. The Kier molecular flexibility index (Phi) is 10.8. The molecule has 14 heteroatoms. The van der Waals surface area contributed by atoms with Crippen LogP contribution >= 0.6 is 11.6 Å². The van der Waals surface area contributed by atoms with Crippen molar-refractivity contribution in [2.24, 2.45) is 5.73 Å². The van der Waals surface area contributed by atoms with Crippen molar-refractivity contribution in [1.29, 1.82) is 5.41 Å². The lowest BCUT2D eigenvalue weighted by Gasteiger charge is -2.32. The van der Waals surface area contributed by atoms with Gasteiger partial charge in [-0.05, 0) is 86.9 Å². The number of H-pyrrole nitrogens is 1. The maximum Gasteiger partial charge on any atom is 0.354 e. The summed E-state index contributed by atoms with van der Waals surface area (Å²) in [4.78, 5) is 20.6. The van der Waals surface area contributed by atoms with Gasteiger partial charge >= 0.3 is 5.69 Å². The van der Waals surface area contributed by atoms with E-state index in [0.717, 1.165) is 37.5 Å². The Balaban J connectivity index is 1.45. The van der Waals surface area contributed by atoms with Gasteiger partial charge in [0.1, 0.15) is 5.65 Å². The summed E-state index contributed by atoms with van der Waals surface area (Å²) in [5.41, 5.74) is 7.82. The molecule has 0 saturated carbocycles. The fourth-order valence-corrected chi connectivity index (χ4v) is 7.39. The van der Waals surface area contributed by atoms with Crippen LogP contribution in [0.2, 0.25) is 5.02 Å². The lowest BCUT2D eigenvalue weighted by atomic mass is 9.92. The normalized spacial score (nSPS) is 17.6.